The van der Waals surface area contributed by atoms with Crippen LogP contribution in [-0.4, -0.2) is 28.5 Å². The van der Waals surface area contributed by atoms with Gasteiger partial charge in [0.2, 0.25) is 5.91 Å². The maximum absolute atomic E-state index is 13.4. The molecule has 0 aliphatic rings. The number of esters is 1. The zero-order chi connectivity index (χ0) is 26.7. The number of carbonyl (C=O) groups is 3. The number of amides is 2. The Morgan fingerprint density at radius 2 is 1.41 bits per heavy atom. The number of pyridine rings is 1. The molecule has 1 atom stereocenters. The summed E-state index contributed by atoms with van der Waals surface area (Å²) in [7, 11) is 1.52. The summed E-state index contributed by atoms with van der Waals surface area (Å²) < 4.78 is 6.82. The van der Waals surface area contributed by atoms with Gasteiger partial charge in [0.15, 0.2) is 6.10 Å². The fourth-order valence-corrected chi connectivity index (χ4v) is 4.07. The molecule has 4 aromatic rings. The Kier molecular flexibility index (Phi) is 7.20. The van der Waals surface area contributed by atoms with Gasteiger partial charge < -0.3 is 19.9 Å². The first-order valence-electron chi connectivity index (χ1n) is 11.7. The lowest BCUT2D eigenvalue weighted by Gasteiger charge is -2.19. The van der Waals surface area contributed by atoms with Gasteiger partial charge in [0, 0.05) is 36.3 Å². The zero-order valence-corrected chi connectivity index (χ0v) is 21.0. The van der Waals surface area contributed by atoms with Crippen molar-refractivity contribution in [3.05, 3.63) is 94.4 Å². The number of aryl methyl sites for hydroxylation is 1. The molecule has 0 fully saturated rings. The van der Waals surface area contributed by atoms with Crippen LogP contribution in [0.25, 0.3) is 21.9 Å². The Bertz CT molecular complexity index is 1550. The highest BCUT2D eigenvalue weighted by molar-refractivity contribution is 6.07. The van der Waals surface area contributed by atoms with Crippen LogP contribution in [0.15, 0.2) is 77.6 Å². The van der Waals surface area contributed by atoms with E-state index in [1.165, 1.54) is 25.5 Å². The minimum Gasteiger partial charge on any atom is -0.448 e. The first kappa shape index (κ1) is 25.4. The lowest BCUT2D eigenvalue weighted by molar-refractivity contribution is -0.123. The number of benzene rings is 3. The molecule has 0 aliphatic carbocycles. The van der Waals surface area contributed by atoms with E-state index in [1.54, 1.807) is 42.5 Å². The summed E-state index contributed by atoms with van der Waals surface area (Å²) in [6.45, 7) is 4.83. The largest absolute Gasteiger partial charge is 0.448 e. The van der Waals surface area contributed by atoms with E-state index in [0.29, 0.717) is 27.7 Å². The number of rotatable bonds is 6. The highest BCUT2D eigenvalue weighted by Crippen LogP contribution is 2.31. The third-order valence-electron chi connectivity index (χ3n) is 5.96. The Hall–Kier alpha value is -4.72. The highest BCUT2D eigenvalue weighted by Gasteiger charge is 2.26. The van der Waals surface area contributed by atoms with Crippen molar-refractivity contribution < 1.29 is 19.1 Å². The summed E-state index contributed by atoms with van der Waals surface area (Å²) in [6.07, 6.45) is -1.14. The molecule has 0 bridgehead atoms. The zero-order valence-electron chi connectivity index (χ0n) is 21.0. The summed E-state index contributed by atoms with van der Waals surface area (Å²) in [4.78, 5) is 50.5. The molecule has 4 rings (SSSR count). The van der Waals surface area contributed by atoms with Crippen molar-refractivity contribution in [2.24, 2.45) is 7.05 Å². The quantitative estimate of drug-likeness (QED) is 0.377. The number of hydrogen-bond acceptors (Lipinski definition) is 5. The van der Waals surface area contributed by atoms with Crippen molar-refractivity contribution in [1.29, 1.82) is 0 Å². The van der Waals surface area contributed by atoms with Gasteiger partial charge in [-0.15, -0.1) is 0 Å². The lowest BCUT2D eigenvalue weighted by Crippen LogP contribution is -2.32. The fourth-order valence-electron chi connectivity index (χ4n) is 4.07. The van der Waals surface area contributed by atoms with E-state index in [-0.39, 0.29) is 17.2 Å². The van der Waals surface area contributed by atoms with Crippen LogP contribution in [0, 0.1) is 6.92 Å². The molecule has 8 heteroatoms. The van der Waals surface area contributed by atoms with Crippen LogP contribution in [0.3, 0.4) is 0 Å². The lowest BCUT2D eigenvalue weighted by atomic mass is 9.96. The Morgan fingerprint density at radius 3 is 2.00 bits per heavy atom. The summed E-state index contributed by atoms with van der Waals surface area (Å²) in [6, 6.07) is 21.3. The molecule has 0 spiro atoms. The van der Waals surface area contributed by atoms with E-state index in [1.807, 2.05) is 37.3 Å². The number of ether oxygens (including phenoxy) is 1. The van der Waals surface area contributed by atoms with Crippen molar-refractivity contribution in [2.75, 3.05) is 10.6 Å². The van der Waals surface area contributed by atoms with Gasteiger partial charge in [0.05, 0.1) is 0 Å². The number of hydrogen-bond donors (Lipinski definition) is 2. The molecule has 8 nitrogen and oxygen atoms in total. The topological polar surface area (TPSA) is 106 Å². The number of carbonyl (C=O) groups excluding carboxylic acids is 3. The van der Waals surface area contributed by atoms with E-state index in [4.69, 9.17) is 4.74 Å². The molecular formula is C29H27N3O5. The molecule has 0 radical (unpaired) electrons. The molecule has 0 aliphatic heterocycles. The number of nitrogens with one attached hydrogen (secondary N) is 2. The number of fused-ring (bicyclic) bond motifs is 1. The van der Waals surface area contributed by atoms with Gasteiger partial charge in [0.25, 0.3) is 11.5 Å². The van der Waals surface area contributed by atoms with Gasteiger partial charge in [-0.05, 0) is 55.1 Å². The summed E-state index contributed by atoms with van der Waals surface area (Å²) in [5.41, 5.74) is 3.15. The number of anilines is 2. The van der Waals surface area contributed by atoms with Gasteiger partial charge in [0.1, 0.15) is 5.69 Å². The average Bonchev–Trinajstić information content (AvgIpc) is 2.87. The van der Waals surface area contributed by atoms with Crippen LogP contribution in [-0.2, 0) is 21.4 Å². The van der Waals surface area contributed by atoms with Crippen LogP contribution in [0.2, 0.25) is 0 Å². The smallest absolute Gasteiger partial charge is 0.356 e. The van der Waals surface area contributed by atoms with Gasteiger partial charge in [-0.1, -0.05) is 48.0 Å². The first-order valence-corrected chi connectivity index (χ1v) is 11.7. The predicted molar refractivity (Wildman–Crippen MR) is 144 cm³/mol. The van der Waals surface area contributed by atoms with Crippen LogP contribution in [0.1, 0.15) is 29.9 Å². The van der Waals surface area contributed by atoms with Crippen LogP contribution in [0.4, 0.5) is 11.4 Å². The monoisotopic (exact) mass is 497 g/mol. The second-order valence-corrected chi connectivity index (χ2v) is 8.79. The molecule has 3 aromatic carbocycles. The summed E-state index contributed by atoms with van der Waals surface area (Å²) >= 11 is 0. The minimum atomic E-state index is -1.14. The normalized spacial score (nSPS) is 11.6. The van der Waals surface area contributed by atoms with E-state index in [2.05, 4.69) is 10.6 Å². The highest BCUT2D eigenvalue weighted by atomic mass is 16.5. The molecule has 1 unspecified atom stereocenters. The molecule has 0 saturated heterocycles. The molecule has 2 N–H and O–H groups in total. The molecule has 1 heterocycles. The van der Waals surface area contributed by atoms with Crippen molar-refractivity contribution >= 4 is 39.9 Å². The molecule has 2 amide bonds. The van der Waals surface area contributed by atoms with E-state index in [9.17, 15) is 19.2 Å². The SMILES string of the molecule is CC(=O)Nc1ccc(NC(=O)C(C)OC(=O)c2c(-c3ccc(C)cc3)c3ccccc3c(=O)n2C)cc1. The summed E-state index contributed by atoms with van der Waals surface area (Å²) in [5.74, 6) is -1.53. The second-order valence-electron chi connectivity index (χ2n) is 8.79. The van der Waals surface area contributed by atoms with Crippen molar-refractivity contribution in [2.45, 2.75) is 26.9 Å². The van der Waals surface area contributed by atoms with Crippen molar-refractivity contribution in [3.63, 3.8) is 0 Å². The van der Waals surface area contributed by atoms with E-state index < -0.39 is 18.0 Å². The van der Waals surface area contributed by atoms with Gasteiger partial charge in [-0.3, -0.25) is 14.4 Å². The number of aromatic nitrogens is 1. The first-order chi connectivity index (χ1) is 17.7. The Labute approximate surface area is 213 Å². The molecule has 0 saturated carbocycles. The fraction of sp³-hybridized carbons (Fsp3) is 0.172. The number of nitrogens with zero attached hydrogens (tertiary/aromatic N) is 1. The molecular weight excluding hydrogens is 470 g/mol. The molecule has 188 valence electrons. The third-order valence-corrected chi connectivity index (χ3v) is 5.96. The maximum atomic E-state index is 13.4. The third kappa shape index (κ3) is 5.43. The minimum absolute atomic E-state index is 0.0619. The average molecular weight is 498 g/mol. The predicted octanol–water partition coefficient (Wildman–Crippen LogP) is 4.66. The van der Waals surface area contributed by atoms with Gasteiger partial charge >= 0.3 is 5.97 Å². The van der Waals surface area contributed by atoms with Crippen molar-refractivity contribution in [1.82, 2.24) is 4.57 Å². The van der Waals surface area contributed by atoms with E-state index >= 15 is 0 Å². The second kappa shape index (κ2) is 10.5. The standard InChI is InChI=1S/C29H27N3O5/c1-17-9-11-20(12-10-17)25-23-7-5-6-8-24(23)28(35)32(4)26(25)29(36)37-18(2)27(34)31-22-15-13-21(14-16-22)30-19(3)33/h5-16,18H,1-4H3,(H,30,33)(H,31,34). The van der Waals surface area contributed by atoms with Crippen LogP contribution in [0.5, 0.6) is 0 Å². The van der Waals surface area contributed by atoms with Crippen LogP contribution < -0.4 is 16.2 Å². The van der Waals surface area contributed by atoms with E-state index in [0.717, 1.165) is 11.1 Å². The molecule has 1 aromatic heterocycles. The van der Waals surface area contributed by atoms with Gasteiger partial charge in [-0.2, -0.15) is 0 Å². The Balaban J connectivity index is 1.64. The van der Waals surface area contributed by atoms with Crippen molar-refractivity contribution in [3.8, 4) is 11.1 Å². The summed E-state index contributed by atoms with van der Waals surface area (Å²) in [5, 5.41) is 6.44. The van der Waals surface area contributed by atoms with Crippen LogP contribution >= 0.6 is 0 Å². The molecule has 37 heavy (non-hydrogen) atoms. The maximum Gasteiger partial charge on any atom is 0.356 e. The van der Waals surface area contributed by atoms with Gasteiger partial charge in [-0.25, -0.2) is 4.79 Å². The Morgan fingerprint density at radius 1 is 0.838 bits per heavy atom.